The number of primary amides is 1. The highest BCUT2D eigenvalue weighted by atomic mass is 16.3. The van der Waals surface area contributed by atoms with Gasteiger partial charge in [-0.2, -0.15) is 0 Å². The van der Waals surface area contributed by atoms with Gasteiger partial charge in [0.1, 0.15) is 6.10 Å². The van der Waals surface area contributed by atoms with Crippen LogP contribution in [0.25, 0.3) is 0 Å². The summed E-state index contributed by atoms with van der Waals surface area (Å²) >= 11 is 0. The predicted octanol–water partition coefficient (Wildman–Crippen LogP) is -1.43. The maximum Gasteiger partial charge on any atom is 0.247 e. The summed E-state index contributed by atoms with van der Waals surface area (Å²) in [4.78, 5) is 10.2. The maximum atomic E-state index is 10.2. The fraction of sp³-hybridized carbons (Fsp3) is 0.800. The molecule has 0 aliphatic carbocycles. The summed E-state index contributed by atoms with van der Waals surface area (Å²) in [5.74, 6) is -0.760. The van der Waals surface area contributed by atoms with Crippen molar-refractivity contribution in [2.75, 3.05) is 0 Å². The van der Waals surface area contributed by atoms with Gasteiger partial charge in [-0.05, 0) is 6.42 Å². The number of carbonyl (C=O) groups excluding carboxylic acids is 1. The fourth-order valence-electron chi connectivity index (χ4n) is 0.434. The zero-order chi connectivity index (χ0) is 7.44. The normalized spacial score (nSPS) is 16.8. The molecule has 5 N–H and O–H groups in total. The zero-order valence-electron chi connectivity index (χ0n) is 5.37. The molecule has 54 valence electrons. The van der Waals surface area contributed by atoms with Gasteiger partial charge in [0.2, 0.25) is 5.91 Å². The van der Waals surface area contributed by atoms with Gasteiger partial charge in [-0.15, -0.1) is 0 Å². The highest BCUT2D eigenvalue weighted by molar-refractivity contribution is 5.79. The van der Waals surface area contributed by atoms with E-state index in [1.54, 1.807) is 6.92 Å². The van der Waals surface area contributed by atoms with Crippen molar-refractivity contribution in [1.82, 2.24) is 0 Å². The van der Waals surface area contributed by atoms with Crippen molar-refractivity contribution < 1.29 is 9.90 Å². The number of amides is 1. The number of hydrogen-bond donors (Lipinski definition) is 3. The number of aliphatic hydroxyl groups is 1. The smallest absolute Gasteiger partial charge is 0.247 e. The SMILES string of the molecule is CC[C@H](N)C(O)C(N)=O. The van der Waals surface area contributed by atoms with Crippen molar-refractivity contribution in [1.29, 1.82) is 0 Å². The molecule has 0 saturated carbocycles. The molecule has 0 saturated heterocycles. The van der Waals surface area contributed by atoms with Crippen LogP contribution < -0.4 is 11.5 Å². The fourth-order valence-corrected chi connectivity index (χ4v) is 0.434. The standard InChI is InChI=1S/C5H12N2O2/c1-2-3(6)4(8)5(7)9/h3-4,8H,2,6H2,1H3,(H2,7,9)/t3-,4?/m0/s1. The molecule has 0 heterocycles. The van der Waals surface area contributed by atoms with Crippen LogP contribution in [-0.2, 0) is 4.79 Å². The predicted molar refractivity (Wildman–Crippen MR) is 33.5 cm³/mol. The van der Waals surface area contributed by atoms with Gasteiger partial charge < -0.3 is 16.6 Å². The van der Waals surface area contributed by atoms with E-state index in [4.69, 9.17) is 16.6 Å². The van der Waals surface area contributed by atoms with E-state index in [-0.39, 0.29) is 0 Å². The second-order valence-electron chi connectivity index (χ2n) is 1.92. The molecule has 9 heavy (non-hydrogen) atoms. The molecule has 0 aromatic carbocycles. The number of carbonyl (C=O) groups is 1. The van der Waals surface area contributed by atoms with Gasteiger partial charge in [-0.1, -0.05) is 6.92 Å². The van der Waals surface area contributed by atoms with Crippen molar-refractivity contribution in [3.05, 3.63) is 0 Å². The van der Waals surface area contributed by atoms with E-state index in [0.29, 0.717) is 6.42 Å². The van der Waals surface area contributed by atoms with E-state index in [2.05, 4.69) is 0 Å². The van der Waals surface area contributed by atoms with Crippen LogP contribution >= 0.6 is 0 Å². The van der Waals surface area contributed by atoms with Gasteiger partial charge in [-0.3, -0.25) is 4.79 Å². The summed E-state index contributed by atoms with van der Waals surface area (Å²) in [6, 6.07) is -0.525. The third kappa shape index (κ3) is 2.43. The molecule has 1 amide bonds. The summed E-state index contributed by atoms with van der Waals surface area (Å²) in [5.41, 5.74) is 10.0. The van der Waals surface area contributed by atoms with Crippen molar-refractivity contribution in [3.63, 3.8) is 0 Å². The lowest BCUT2D eigenvalue weighted by Gasteiger charge is -2.12. The Labute approximate surface area is 53.8 Å². The Morgan fingerprint density at radius 2 is 2.22 bits per heavy atom. The molecule has 1 unspecified atom stereocenters. The number of nitrogens with two attached hydrogens (primary N) is 2. The molecule has 0 aromatic heterocycles. The van der Waals surface area contributed by atoms with Crippen LogP contribution in [0.4, 0.5) is 0 Å². The van der Waals surface area contributed by atoms with Crippen molar-refractivity contribution in [2.45, 2.75) is 25.5 Å². The van der Waals surface area contributed by atoms with Gasteiger partial charge in [-0.25, -0.2) is 0 Å². The Morgan fingerprint density at radius 1 is 1.78 bits per heavy atom. The van der Waals surface area contributed by atoms with Crippen LogP contribution in [0.5, 0.6) is 0 Å². The van der Waals surface area contributed by atoms with Crippen LogP contribution in [0.2, 0.25) is 0 Å². The van der Waals surface area contributed by atoms with E-state index in [0.717, 1.165) is 0 Å². The first-order valence-corrected chi connectivity index (χ1v) is 2.82. The topological polar surface area (TPSA) is 89.3 Å². The summed E-state index contributed by atoms with van der Waals surface area (Å²) in [5, 5.41) is 8.80. The van der Waals surface area contributed by atoms with Crippen LogP contribution in [0, 0.1) is 0 Å². The second kappa shape index (κ2) is 3.42. The molecule has 0 rings (SSSR count). The molecule has 4 heteroatoms. The van der Waals surface area contributed by atoms with Gasteiger partial charge in [0.05, 0.1) is 0 Å². The highest BCUT2D eigenvalue weighted by Gasteiger charge is 2.17. The van der Waals surface area contributed by atoms with Crippen molar-refractivity contribution >= 4 is 5.91 Å². The molecule has 0 spiro atoms. The molecule has 0 fully saturated rings. The van der Waals surface area contributed by atoms with Crippen molar-refractivity contribution in [3.8, 4) is 0 Å². The Hall–Kier alpha value is -0.610. The van der Waals surface area contributed by atoms with E-state index < -0.39 is 18.1 Å². The Kier molecular flexibility index (Phi) is 3.19. The minimum atomic E-state index is -1.20. The van der Waals surface area contributed by atoms with Gasteiger partial charge >= 0.3 is 0 Å². The molecule has 0 aliphatic rings. The summed E-state index contributed by atoms with van der Waals surface area (Å²) in [7, 11) is 0. The molecule has 0 radical (unpaired) electrons. The van der Waals surface area contributed by atoms with Gasteiger partial charge in [0.25, 0.3) is 0 Å². The first-order chi connectivity index (χ1) is 4.09. The Balaban J connectivity index is 3.72. The molecule has 4 nitrogen and oxygen atoms in total. The molecular formula is C5H12N2O2. The average molecular weight is 132 g/mol. The molecule has 2 atom stereocenters. The minimum absolute atomic E-state index is 0.525. The lowest BCUT2D eigenvalue weighted by molar-refractivity contribution is -0.126. The summed E-state index contributed by atoms with van der Waals surface area (Å²) in [6.07, 6.45) is -0.653. The van der Waals surface area contributed by atoms with E-state index in [9.17, 15) is 4.79 Å². The van der Waals surface area contributed by atoms with E-state index >= 15 is 0 Å². The first-order valence-electron chi connectivity index (χ1n) is 2.82. The van der Waals surface area contributed by atoms with Crippen LogP contribution in [-0.4, -0.2) is 23.2 Å². The number of rotatable bonds is 3. The second-order valence-corrected chi connectivity index (χ2v) is 1.92. The van der Waals surface area contributed by atoms with Crippen molar-refractivity contribution in [2.24, 2.45) is 11.5 Å². The molecular weight excluding hydrogens is 120 g/mol. The average Bonchev–Trinajstić information content (AvgIpc) is 1.84. The van der Waals surface area contributed by atoms with Crippen LogP contribution in [0.3, 0.4) is 0 Å². The molecule has 0 aromatic rings. The third-order valence-corrected chi connectivity index (χ3v) is 1.17. The largest absolute Gasteiger partial charge is 0.382 e. The Morgan fingerprint density at radius 3 is 2.33 bits per heavy atom. The van der Waals surface area contributed by atoms with E-state index in [1.165, 1.54) is 0 Å². The highest BCUT2D eigenvalue weighted by Crippen LogP contribution is 1.92. The number of hydrogen-bond acceptors (Lipinski definition) is 3. The summed E-state index contributed by atoms with van der Waals surface area (Å²) in [6.45, 7) is 1.77. The molecule has 0 bridgehead atoms. The number of aliphatic hydroxyl groups excluding tert-OH is 1. The third-order valence-electron chi connectivity index (χ3n) is 1.17. The van der Waals surface area contributed by atoms with Crippen LogP contribution in [0.1, 0.15) is 13.3 Å². The lowest BCUT2D eigenvalue weighted by Crippen LogP contribution is -2.43. The zero-order valence-corrected chi connectivity index (χ0v) is 5.37. The molecule has 0 aliphatic heterocycles. The van der Waals surface area contributed by atoms with E-state index in [1.807, 2.05) is 0 Å². The quantitative estimate of drug-likeness (QED) is 0.439. The van der Waals surface area contributed by atoms with Crippen LogP contribution in [0.15, 0.2) is 0 Å². The van der Waals surface area contributed by atoms with Gasteiger partial charge in [0.15, 0.2) is 0 Å². The summed E-state index contributed by atoms with van der Waals surface area (Å²) < 4.78 is 0. The Bertz CT molecular complexity index is 105. The van der Waals surface area contributed by atoms with Gasteiger partial charge in [0, 0.05) is 6.04 Å². The maximum absolute atomic E-state index is 10.2. The lowest BCUT2D eigenvalue weighted by atomic mass is 10.1. The minimum Gasteiger partial charge on any atom is -0.382 e. The first kappa shape index (κ1) is 8.39. The monoisotopic (exact) mass is 132 g/mol.